The second kappa shape index (κ2) is 6.70. The van der Waals surface area contributed by atoms with Gasteiger partial charge in [0.2, 0.25) is 0 Å². The topological polar surface area (TPSA) is 69.4 Å². The highest BCUT2D eigenvalue weighted by Gasteiger charge is 2.14. The van der Waals surface area contributed by atoms with Gasteiger partial charge in [-0.1, -0.05) is 31.9 Å². The predicted molar refractivity (Wildman–Crippen MR) is 69.4 cm³/mol. The highest BCUT2D eigenvalue weighted by Crippen LogP contribution is 2.13. The lowest BCUT2D eigenvalue weighted by molar-refractivity contribution is -0.384. The monoisotopic (exact) mass is 365 g/mol. The molecule has 0 spiro atoms. The number of alkyl halides is 2. The first kappa shape index (κ1) is 14.1. The Kier molecular flexibility index (Phi) is 5.57. The van der Waals surface area contributed by atoms with Crippen LogP contribution in [0.25, 0.3) is 0 Å². The number of esters is 1. The summed E-state index contributed by atoms with van der Waals surface area (Å²) in [6, 6.07) is 5.87. The number of nitrogens with zero attached hydrogens (tertiary/aromatic N) is 1. The van der Waals surface area contributed by atoms with E-state index in [0.717, 1.165) is 0 Å². The Hall–Kier alpha value is -0.950. The number of carbonyl (C=O) groups is 1. The quantitative estimate of drug-likeness (QED) is 0.347. The van der Waals surface area contributed by atoms with Crippen LogP contribution in [0, 0.1) is 10.1 Å². The van der Waals surface area contributed by atoms with E-state index in [1.54, 1.807) is 12.1 Å². The molecule has 1 rings (SSSR count). The molecule has 0 N–H and O–H groups in total. The fourth-order valence-corrected chi connectivity index (χ4v) is 1.42. The molecular formula is C10H9Br2NO4. The highest BCUT2D eigenvalue weighted by molar-refractivity contribution is 9.12. The largest absolute Gasteiger partial charge is 0.460 e. The zero-order valence-electron chi connectivity index (χ0n) is 8.64. The predicted octanol–water partition coefficient (Wildman–Crippen LogP) is 2.80. The fraction of sp³-hybridized carbons (Fsp3) is 0.300. The van der Waals surface area contributed by atoms with Crippen molar-refractivity contribution in [3.63, 3.8) is 0 Å². The van der Waals surface area contributed by atoms with Crippen molar-refractivity contribution >= 4 is 43.5 Å². The third-order valence-electron chi connectivity index (χ3n) is 1.92. The number of ether oxygens (including phenoxy) is 1. The third-order valence-corrected chi connectivity index (χ3v) is 4.13. The number of hydrogen-bond acceptors (Lipinski definition) is 4. The number of nitro groups is 1. The minimum Gasteiger partial charge on any atom is -0.460 e. The average molecular weight is 367 g/mol. The Balaban J connectivity index is 2.53. The van der Waals surface area contributed by atoms with Crippen molar-refractivity contribution in [2.45, 2.75) is 11.4 Å². The molecule has 0 bridgehead atoms. The second-order valence-corrected chi connectivity index (χ2v) is 4.91. The first-order chi connectivity index (χ1) is 8.04. The lowest BCUT2D eigenvalue weighted by atomic mass is 10.2. The Bertz CT molecular complexity index is 407. The van der Waals surface area contributed by atoms with Gasteiger partial charge in [-0.15, -0.1) is 0 Å². The van der Waals surface area contributed by atoms with Crippen LogP contribution < -0.4 is 0 Å². The molecule has 1 atom stereocenters. The summed E-state index contributed by atoms with van der Waals surface area (Å²) in [6.07, 6.45) is 0. The molecule has 1 unspecified atom stereocenters. The summed E-state index contributed by atoms with van der Waals surface area (Å²) in [7, 11) is 0. The molecule has 7 heteroatoms. The van der Waals surface area contributed by atoms with E-state index in [4.69, 9.17) is 4.74 Å². The van der Waals surface area contributed by atoms with Gasteiger partial charge in [-0.05, 0) is 17.7 Å². The van der Waals surface area contributed by atoms with Gasteiger partial charge in [-0.25, -0.2) is 0 Å². The van der Waals surface area contributed by atoms with E-state index in [1.165, 1.54) is 12.1 Å². The van der Waals surface area contributed by atoms with Crippen LogP contribution in [0.1, 0.15) is 5.56 Å². The average Bonchev–Trinajstić information content (AvgIpc) is 2.35. The van der Waals surface area contributed by atoms with Gasteiger partial charge >= 0.3 is 5.97 Å². The van der Waals surface area contributed by atoms with Gasteiger partial charge in [-0.2, -0.15) is 0 Å². The van der Waals surface area contributed by atoms with Crippen LogP contribution in [0.2, 0.25) is 0 Å². The van der Waals surface area contributed by atoms with Crippen molar-refractivity contribution in [1.82, 2.24) is 0 Å². The lowest BCUT2D eigenvalue weighted by Gasteiger charge is -2.07. The number of carbonyl (C=O) groups excluding carboxylic acids is 1. The van der Waals surface area contributed by atoms with Crippen molar-refractivity contribution in [1.29, 1.82) is 0 Å². The maximum atomic E-state index is 11.3. The number of hydrogen-bond donors (Lipinski definition) is 0. The number of halogens is 2. The zero-order valence-corrected chi connectivity index (χ0v) is 11.8. The van der Waals surface area contributed by atoms with Crippen molar-refractivity contribution in [3.8, 4) is 0 Å². The van der Waals surface area contributed by atoms with Crippen molar-refractivity contribution in [2.24, 2.45) is 0 Å². The first-order valence-electron chi connectivity index (χ1n) is 4.64. The molecule has 92 valence electrons. The number of rotatable bonds is 5. The van der Waals surface area contributed by atoms with Gasteiger partial charge < -0.3 is 4.74 Å². The van der Waals surface area contributed by atoms with Crippen LogP contribution in [0.3, 0.4) is 0 Å². The van der Waals surface area contributed by atoms with E-state index >= 15 is 0 Å². The second-order valence-electron chi connectivity index (χ2n) is 3.15. The molecule has 0 radical (unpaired) electrons. The molecule has 0 aliphatic rings. The summed E-state index contributed by atoms with van der Waals surface area (Å²) in [4.78, 5) is 20.9. The molecule has 1 aromatic carbocycles. The molecule has 0 saturated heterocycles. The molecule has 5 nitrogen and oxygen atoms in total. The van der Waals surface area contributed by atoms with E-state index < -0.39 is 4.92 Å². The maximum Gasteiger partial charge on any atom is 0.320 e. The minimum absolute atomic E-state index is 0.0129. The fourth-order valence-electron chi connectivity index (χ4n) is 1.02. The number of nitro benzene ring substituents is 1. The van der Waals surface area contributed by atoms with Crippen LogP contribution >= 0.6 is 31.9 Å². The van der Waals surface area contributed by atoms with Gasteiger partial charge in [0.15, 0.2) is 0 Å². The molecule has 17 heavy (non-hydrogen) atoms. The maximum absolute atomic E-state index is 11.3. The molecule has 0 aliphatic heterocycles. The summed E-state index contributed by atoms with van der Waals surface area (Å²) in [6.45, 7) is 0.103. The van der Waals surface area contributed by atoms with Gasteiger partial charge in [0.1, 0.15) is 11.4 Å². The highest BCUT2D eigenvalue weighted by atomic mass is 79.9. The molecule has 0 heterocycles. The normalized spacial score (nSPS) is 11.9. The Morgan fingerprint density at radius 2 is 2.00 bits per heavy atom. The van der Waals surface area contributed by atoms with E-state index in [1.807, 2.05) is 0 Å². The van der Waals surface area contributed by atoms with Crippen LogP contribution in [0.4, 0.5) is 5.69 Å². The van der Waals surface area contributed by atoms with Crippen LogP contribution in [0.5, 0.6) is 0 Å². The molecule has 0 amide bonds. The van der Waals surface area contributed by atoms with Gasteiger partial charge in [-0.3, -0.25) is 14.9 Å². The van der Waals surface area contributed by atoms with E-state index in [-0.39, 0.29) is 23.1 Å². The standard InChI is InChI=1S/C10H9Br2NO4/c11-5-9(12)10(14)17-6-7-1-3-8(4-2-7)13(15)16/h1-4,9H,5-6H2. The summed E-state index contributed by atoms with van der Waals surface area (Å²) in [5.74, 6) is -0.375. The van der Waals surface area contributed by atoms with Crippen LogP contribution in [-0.4, -0.2) is 21.0 Å². The molecule has 0 aromatic heterocycles. The van der Waals surface area contributed by atoms with Crippen molar-refractivity contribution in [2.75, 3.05) is 5.33 Å². The zero-order chi connectivity index (χ0) is 12.8. The molecule has 1 aromatic rings. The Labute approximate surface area is 115 Å². The third kappa shape index (κ3) is 4.43. The van der Waals surface area contributed by atoms with Gasteiger partial charge in [0.05, 0.1) is 4.92 Å². The van der Waals surface area contributed by atoms with E-state index in [2.05, 4.69) is 31.9 Å². The Morgan fingerprint density at radius 3 is 2.47 bits per heavy atom. The summed E-state index contributed by atoms with van der Waals surface area (Å²) >= 11 is 6.28. The number of non-ortho nitro benzene ring substituents is 1. The Morgan fingerprint density at radius 1 is 1.41 bits per heavy atom. The SMILES string of the molecule is O=C(OCc1ccc([N+](=O)[O-])cc1)C(Br)CBr. The number of benzene rings is 1. The minimum atomic E-state index is -0.477. The van der Waals surface area contributed by atoms with Crippen LogP contribution in [-0.2, 0) is 16.1 Å². The molecule has 0 aliphatic carbocycles. The van der Waals surface area contributed by atoms with Crippen LogP contribution in [0.15, 0.2) is 24.3 Å². The molecular weight excluding hydrogens is 358 g/mol. The van der Waals surface area contributed by atoms with Crippen molar-refractivity contribution < 1.29 is 14.5 Å². The molecule has 0 saturated carbocycles. The van der Waals surface area contributed by atoms with Gasteiger partial charge in [0, 0.05) is 17.5 Å². The smallest absolute Gasteiger partial charge is 0.320 e. The van der Waals surface area contributed by atoms with Crippen molar-refractivity contribution in [3.05, 3.63) is 39.9 Å². The summed E-state index contributed by atoms with van der Waals surface area (Å²) < 4.78 is 5.00. The summed E-state index contributed by atoms with van der Waals surface area (Å²) in [5.41, 5.74) is 0.720. The lowest BCUT2D eigenvalue weighted by Crippen LogP contribution is -2.18. The van der Waals surface area contributed by atoms with E-state index in [9.17, 15) is 14.9 Å². The van der Waals surface area contributed by atoms with E-state index in [0.29, 0.717) is 10.9 Å². The molecule has 0 fully saturated rings. The van der Waals surface area contributed by atoms with Gasteiger partial charge in [0.25, 0.3) is 5.69 Å². The first-order valence-corrected chi connectivity index (χ1v) is 6.68. The summed E-state index contributed by atoms with van der Waals surface area (Å²) in [5, 5.41) is 10.9.